The van der Waals surface area contributed by atoms with Crippen LogP contribution in [-0.2, 0) is 14.3 Å². The molecule has 0 saturated heterocycles. The van der Waals surface area contributed by atoms with E-state index in [2.05, 4.69) is 5.32 Å². The highest BCUT2D eigenvalue weighted by atomic mass is 16.5. The van der Waals surface area contributed by atoms with Crippen LogP contribution in [0.15, 0.2) is 0 Å². The molecule has 0 aromatic carbocycles. The molecule has 0 aromatic rings. The van der Waals surface area contributed by atoms with Crippen molar-refractivity contribution in [2.24, 2.45) is 5.73 Å². The molecule has 16 heavy (non-hydrogen) atoms. The molecule has 0 aliphatic heterocycles. The fourth-order valence-electron chi connectivity index (χ4n) is 1.42. The smallest absolute Gasteiger partial charge is 0.323 e. The van der Waals surface area contributed by atoms with Gasteiger partial charge in [-0.2, -0.15) is 0 Å². The van der Waals surface area contributed by atoms with Crippen molar-refractivity contribution in [2.75, 3.05) is 13.7 Å². The lowest BCUT2D eigenvalue weighted by molar-refractivity contribution is -0.147. The lowest BCUT2D eigenvalue weighted by Crippen LogP contribution is -2.55. The van der Waals surface area contributed by atoms with Crippen molar-refractivity contribution in [2.45, 2.75) is 38.3 Å². The Hall–Kier alpha value is -1.14. The van der Waals surface area contributed by atoms with Crippen molar-refractivity contribution in [3.8, 4) is 0 Å². The number of nitrogens with two attached hydrogens (primary N) is 1. The van der Waals surface area contributed by atoms with Gasteiger partial charge in [0.05, 0.1) is 12.1 Å². The van der Waals surface area contributed by atoms with Gasteiger partial charge < -0.3 is 15.6 Å². The van der Waals surface area contributed by atoms with Crippen LogP contribution in [0.5, 0.6) is 0 Å². The Bertz CT molecular complexity index is 278. The summed E-state index contributed by atoms with van der Waals surface area (Å²) in [5.74, 6) is -1.64. The van der Waals surface area contributed by atoms with Crippen LogP contribution < -0.4 is 11.1 Å². The first kappa shape index (κ1) is 14.9. The van der Waals surface area contributed by atoms with E-state index in [4.69, 9.17) is 15.6 Å². The predicted molar refractivity (Wildman–Crippen MR) is 58.9 cm³/mol. The molecule has 0 aliphatic rings. The van der Waals surface area contributed by atoms with E-state index in [0.29, 0.717) is 0 Å². The summed E-state index contributed by atoms with van der Waals surface area (Å²) in [6.45, 7) is 4.88. The number of hydrogen-bond donors (Lipinski definition) is 3. The molecule has 94 valence electrons. The standard InChI is InChI=1S/C10H20N2O4/c1-9(2,16-4)6-10(3,8(14)15)12-5-7(11)13/h12H,5-6H2,1-4H3,(H2,11,13)(H,14,15). The Kier molecular flexibility index (Phi) is 4.89. The molecule has 6 nitrogen and oxygen atoms in total. The van der Waals surface area contributed by atoms with E-state index in [-0.39, 0.29) is 13.0 Å². The van der Waals surface area contributed by atoms with Crippen molar-refractivity contribution in [3.05, 3.63) is 0 Å². The molecule has 0 rings (SSSR count). The summed E-state index contributed by atoms with van der Waals surface area (Å²) in [5.41, 5.74) is 3.13. The zero-order valence-electron chi connectivity index (χ0n) is 10.2. The Labute approximate surface area is 95.1 Å². The Morgan fingerprint density at radius 1 is 1.38 bits per heavy atom. The van der Waals surface area contributed by atoms with Crippen molar-refractivity contribution >= 4 is 11.9 Å². The minimum Gasteiger partial charge on any atom is -0.480 e. The Balaban J connectivity index is 4.70. The maximum absolute atomic E-state index is 11.2. The van der Waals surface area contributed by atoms with Crippen LogP contribution in [-0.4, -0.2) is 41.8 Å². The average Bonchev–Trinajstić information content (AvgIpc) is 2.14. The number of ether oxygens (including phenoxy) is 1. The largest absolute Gasteiger partial charge is 0.480 e. The van der Waals surface area contributed by atoms with E-state index in [9.17, 15) is 9.59 Å². The van der Waals surface area contributed by atoms with E-state index in [1.54, 1.807) is 13.8 Å². The molecule has 0 fully saturated rings. The van der Waals surface area contributed by atoms with Crippen LogP contribution in [0.3, 0.4) is 0 Å². The Morgan fingerprint density at radius 2 is 1.88 bits per heavy atom. The van der Waals surface area contributed by atoms with Crippen molar-refractivity contribution in [1.82, 2.24) is 5.32 Å². The van der Waals surface area contributed by atoms with Crippen molar-refractivity contribution < 1.29 is 19.4 Å². The number of rotatable bonds is 7. The summed E-state index contributed by atoms with van der Waals surface area (Å²) < 4.78 is 5.17. The third kappa shape index (κ3) is 4.59. The number of amides is 1. The second kappa shape index (κ2) is 5.27. The first-order valence-electron chi connectivity index (χ1n) is 4.95. The number of methoxy groups -OCH3 is 1. The summed E-state index contributed by atoms with van der Waals surface area (Å²) in [5, 5.41) is 11.8. The first-order valence-corrected chi connectivity index (χ1v) is 4.95. The number of carbonyl (C=O) groups excluding carboxylic acids is 1. The fraction of sp³-hybridized carbons (Fsp3) is 0.800. The van der Waals surface area contributed by atoms with Crippen LogP contribution in [0.1, 0.15) is 27.2 Å². The molecule has 0 radical (unpaired) electrons. The van der Waals surface area contributed by atoms with Crippen molar-refractivity contribution in [3.63, 3.8) is 0 Å². The van der Waals surface area contributed by atoms with E-state index in [1.807, 2.05) is 0 Å². The maximum Gasteiger partial charge on any atom is 0.323 e. The molecule has 1 unspecified atom stereocenters. The zero-order valence-corrected chi connectivity index (χ0v) is 10.2. The molecule has 4 N–H and O–H groups in total. The molecule has 1 atom stereocenters. The average molecular weight is 232 g/mol. The lowest BCUT2D eigenvalue weighted by atomic mass is 9.87. The quantitative estimate of drug-likeness (QED) is 0.560. The minimum atomic E-state index is -1.24. The summed E-state index contributed by atoms with van der Waals surface area (Å²) in [6, 6.07) is 0. The summed E-state index contributed by atoms with van der Waals surface area (Å²) in [4.78, 5) is 21.8. The van der Waals surface area contributed by atoms with Gasteiger partial charge in [0.1, 0.15) is 5.54 Å². The zero-order chi connectivity index (χ0) is 13.0. The third-order valence-electron chi connectivity index (χ3n) is 2.46. The van der Waals surface area contributed by atoms with Gasteiger partial charge in [0.25, 0.3) is 0 Å². The van der Waals surface area contributed by atoms with Gasteiger partial charge in [0, 0.05) is 13.5 Å². The van der Waals surface area contributed by atoms with E-state index >= 15 is 0 Å². The van der Waals surface area contributed by atoms with Gasteiger partial charge in [0.15, 0.2) is 0 Å². The van der Waals surface area contributed by atoms with Gasteiger partial charge in [0.2, 0.25) is 5.91 Å². The topological polar surface area (TPSA) is 102 Å². The highest BCUT2D eigenvalue weighted by molar-refractivity contribution is 5.81. The number of hydrogen-bond acceptors (Lipinski definition) is 4. The van der Waals surface area contributed by atoms with Gasteiger partial charge in [-0.1, -0.05) is 0 Å². The number of carbonyl (C=O) groups is 2. The van der Waals surface area contributed by atoms with Crippen LogP contribution in [0, 0.1) is 0 Å². The number of nitrogens with one attached hydrogen (secondary N) is 1. The number of carboxylic acids is 1. The molecule has 0 heterocycles. The van der Waals surface area contributed by atoms with Crippen LogP contribution in [0.4, 0.5) is 0 Å². The highest BCUT2D eigenvalue weighted by Gasteiger charge is 2.38. The fourth-order valence-corrected chi connectivity index (χ4v) is 1.42. The molecule has 0 bridgehead atoms. The molecule has 6 heteroatoms. The third-order valence-corrected chi connectivity index (χ3v) is 2.46. The molecule has 0 aliphatic carbocycles. The van der Waals surface area contributed by atoms with Gasteiger partial charge in [-0.15, -0.1) is 0 Å². The van der Waals surface area contributed by atoms with E-state index in [0.717, 1.165) is 0 Å². The molecular weight excluding hydrogens is 212 g/mol. The van der Waals surface area contributed by atoms with Gasteiger partial charge in [-0.25, -0.2) is 0 Å². The van der Waals surface area contributed by atoms with Crippen LogP contribution >= 0.6 is 0 Å². The second-order valence-electron chi connectivity index (χ2n) is 4.60. The highest BCUT2D eigenvalue weighted by Crippen LogP contribution is 2.23. The summed E-state index contributed by atoms with van der Waals surface area (Å²) >= 11 is 0. The SMILES string of the molecule is COC(C)(C)CC(C)(NCC(N)=O)C(=O)O. The van der Waals surface area contributed by atoms with E-state index in [1.165, 1.54) is 14.0 Å². The lowest BCUT2D eigenvalue weighted by Gasteiger charge is -2.34. The molecule has 1 amide bonds. The van der Waals surface area contributed by atoms with Crippen molar-refractivity contribution in [1.29, 1.82) is 0 Å². The van der Waals surface area contributed by atoms with Gasteiger partial charge in [-0.05, 0) is 20.8 Å². The summed E-state index contributed by atoms with van der Waals surface area (Å²) in [6.07, 6.45) is 0.221. The maximum atomic E-state index is 11.2. The molecule has 0 saturated carbocycles. The summed E-state index contributed by atoms with van der Waals surface area (Å²) in [7, 11) is 1.51. The first-order chi connectivity index (χ1) is 7.13. The van der Waals surface area contributed by atoms with Gasteiger partial charge >= 0.3 is 5.97 Å². The predicted octanol–water partition coefficient (Wildman–Crippen LogP) is -0.280. The van der Waals surface area contributed by atoms with Crippen LogP contribution in [0.25, 0.3) is 0 Å². The monoisotopic (exact) mass is 232 g/mol. The molecular formula is C10H20N2O4. The second-order valence-corrected chi connectivity index (χ2v) is 4.60. The molecule has 0 spiro atoms. The number of primary amides is 1. The minimum absolute atomic E-state index is 0.178. The Morgan fingerprint density at radius 3 is 2.19 bits per heavy atom. The van der Waals surface area contributed by atoms with E-state index < -0.39 is 23.0 Å². The molecule has 0 aromatic heterocycles. The van der Waals surface area contributed by atoms with Gasteiger partial charge in [-0.3, -0.25) is 14.9 Å². The normalized spacial score (nSPS) is 15.5. The van der Waals surface area contributed by atoms with Crippen LogP contribution in [0.2, 0.25) is 0 Å². The number of carboxylic acid groups (broad SMARTS) is 1. The number of aliphatic carboxylic acids is 1.